The third-order valence-electron chi connectivity index (χ3n) is 6.55. The predicted molar refractivity (Wildman–Crippen MR) is 133 cm³/mol. The highest BCUT2D eigenvalue weighted by atomic mass is 19.4. The Bertz CT molecular complexity index is 1310. The molecule has 2 aromatic carbocycles. The largest absolute Gasteiger partial charge is 0.573 e. The van der Waals surface area contributed by atoms with Crippen LogP contribution >= 0.6 is 0 Å². The van der Waals surface area contributed by atoms with Crippen LogP contribution < -0.4 is 20.7 Å². The molecule has 13 heteroatoms. The van der Waals surface area contributed by atoms with Crippen molar-refractivity contribution in [2.75, 3.05) is 38.2 Å². The topological polar surface area (TPSA) is 107 Å². The lowest BCUT2D eigenvalue weighted by Crippen LogP contribution is -2.47. The van der Waals surface area contributed by atoms with Gasteiger partial charge in [0.25, 0.3) is 5.91 Å². The third-order valence-corrected chi connectivity index (χ3v) is 6.55. The van der Waals surface area contributed by atoms with Crippen molar-refractivity contribution in [2.24, 2.45) is 0 Å². The van der Waals surface area contributed by atoms with Crippen molar-refractivity contribution in [1.29, 1.82) is 0 Å². The van der Waals surface area contributed by atoms with Gasteiger partial charge in [-0.25, -0.2) is 14.4 Å². The van der Waals surface area contributed by atoms with E-state index in [1.807, 2.05) is 0 Å². The van der Waals surface area contributed by atoms with E-state index in [2.05, 4.69) is 30.7 Å². The summed E-state index contributed by atoms with van der Waals surface area (Å²) in [5.41, 5.74) is 1.08. The number of carbonyl (C=O) groups excluding carboxylic acids is 1. The molecule has 2 fully saturated rings. The van der Waals surface area contributed by atoms with Gasteiger partial charge in [-0.05, 0) is 42.7 Å². The molecular formula is C26H27F4N5O4. The number of halogens is 4. The molecule has 0 aliphatic carbocycles. The van der Waals surface area contributed by atoms with Gasteiger partial charge in [-0.3, -0.25) is 4.79 Å². The van der Waals surface area contributed by atoms with Gasteiger partial charge in [-0.2, -0.15) is 0 Å². The second kappa shape index (κ2) is 11.7. The van der Waals surface area contributed by atoms with Crippen molar-refractivity contribution in [3.63, 3.8) is 0 Å². The summed E-state index contributed by atoms with van der Waals surface area (Å²) >= 11 is 0. The maximum atomic E-state index is 14.5. The second-order valence-electron chi connectivity index (χ2n) is 9.30. The van der Waals surface area contributed by atoms with Gasteiger partial charge < -0.3 is 30.2 Å². The number of hydrogen-bond acceptors (Lipinski definition) is 8. The molecule has 0 unspecified atom stereocenters. The molecule has 2 atom stereocenters. The molecule has 9 nitrogen and oxygen atoms in total. The second-order valence-corrected chi connectivity index (χ2v) is 9.30. The standard InChI is InChI=1S/C26H27F4N5O4/c27-19-11-15(3-4-21(19)39-26(28,29)30)23(22-14-31-7-10-38-22)35-24(36)16-1-2-17-13-32-25(34-20(17)12-16)33-18-5-8-37-9-6-18/h1-4,11-13,18,22-23,31H,5-10,14H2,(H,35,36)(H,32,33,34)/t22-,23+/m1/s1. The van der Waals surface area contributed by atoms with Gasteiger partial charge in [0.15, 0.2) is 11.6 Å². The predicted octanol–water partition coefficient (Wildman–Crippen LogP) is 3.72. The maximum Gasteiger partial charge on any atom is 0.573 e. The van der Waals surface area contributed by atoms with Crippen LogP contribution in [0.4, 0.5) is 23.5 Å². The van der Waals surface area contributed by atoms with E-state index in [-0.39, 0.29) is 11.6 Å². The first-order valence-electron chi connectivity index (χ1n) is 12.5. The monoisotopic (exact) mass is 549 g/mol. The van der Waals surface area contributed by atoms with Gasteiger partial charge in [-0.1, -0.05) is 12.1 Å². The van der Waals surface area contributed by atoms with Crippen LogP contribution in [0, 0.1) is 5.82 Å². The van der Waals surface area contributed by atoms with Gasteiger partial charge in [0.1, 0.15) is 0 Å². The van der Waals surface area contributed by atoms with Gasteiger partial charge in [-0.15, -0.1) is 13.2 Å². The van der Waals surface area contributed by atoms with Crippen LogP contribution in [0.25, 0.3) is 10.9 Å². The molecule has 2 saturated heterocycles. The molecule has 2 aliphatic heterocycles. The Labute approximate surface area is 221 Å². The fourth-order valence-corrected chi connectivity index (χ4v) is 4.59. The highest BCUT2D eigenvalue weighted by Crippen LogP contribution is 2.30. The van der Waals surface area contributed by atoms with Crippen molar-refractivity contribution in [3.8, 4) is 5.75 Å². The van der Waals surface area contributed by atoms with E-state index in [4.69, 9.17) is 9.47 Å². The fraction of sp³-hybridized carbons (Fsp3) is 0.423. The summed E-state index contributed by atoms with van der Waals surface area (Å²) in [6, 6.07) is 7.37. The van der Waals surface area contributed by atoms with Crippen molar-refractivity contribution < 1.29 is 36.6 Å². The lowest BCUT2D eigenvalue weighted by molar-refractivity contribution is -0.275. The highest BCUT2D eigenvalue weighted by Gasteiger charge is 2.33. The number of alkyl halides is 3. The summed E-state index contributed by atoms with van der Waals surface area (Å²) < 4.78 is 67.2. The number of amides is 1. The molecule has 0 bridgehead atoms. The van der Waals surface area contributed by atoms with E-state index in [1.54, 1.807) is 24.4 Å². The number of nitrogens with one attached hydrogen (secondary N) is 3. The molecule has 3 N–H and O–H groups in total. The minimum absolute atomic E-state index is 0.195. The third kappa shape index (κ3) is 6.91. The number of morpholine rings is 1. The Morgan fingerprint density at radius 2 is 1.95 bits per heavy atom. The lowest BCUT2D eigenvalue weighted by Gasteiger charge is -2.32. The van der Waals surface area contributed by atoms with Crippen LogP contribution in [-0.4, -0.2) is 67.3 Å². The Balaban J connectivity index is 1.37. The Morgan fingerprint density at radius 1 is 1.13 bits per heavy atom. The first-order chi connectivity index (χ1) is 18.7. The molecule has 5 rings (SSSR count). The number of rotatable bonds is 7. The first kappa shape index (κ1) is 27.0. The van der Waals surface area contributed by atoms with Gasteiger partial charge in [0.2, 0.25) is 5.95 Å². The Hall–Kier alpha value is -3.55. The van der Waals surface area contributed by atoms with E-state index in [0.717, 1.165) is 30.4 Å². The van der Waals surface area contributed by atoms with Gasteiger partial charge in [0.05, 0.1) is 24.3 Å². The number of fused-ring (bicyclic) bond motifs is 1. The summed E-state index contributed by atoms with van der Waals surface area (Å²) in [5, 5.41) is 10.0. The van der Waals surface area contributed by atoms with Crippen molar-refractivity contribution in [1.82, 2.24) is 20.6 Å². The minimum atomic E-state index is -5.04. The van der Waals surface area contributed by atoms with E-state index in [0.29, 0.717) is 49.9 Å². The van der Waals surface area contributed by atoms with Crippen LogP contribution in [0.5, 0.6) is 5.75 Å². The zero-order chi connectivity index (χ0) is 27.4. The molecule has 0 saturated carbocycles. The van der Waals surface area contributed by atoms with Gasteiger partial charge in [0, 0.05) is 49.5 Å². The molecular weight excluding hydrogens is 522 g/mol. The number of aromatic nitrogens is 2. The number of benzene rings is 2. The molecule has 2 aliphatic rings. The minimum Gasteiger partial charge on any atom is -0.403 e. The molecule has 1 amide bonds. The lowest BCUT2D eigenvalue weighted by atomic mass is 9.99. The SMILES string of the molecule is O=C(N[C@@H](c1ccc(OC(F)(F)F)c(F)c1)[C@H]1CNCCO1)c1ccc2cnc(NC3CCOCC3)nc2c1. The highest BCUT2D eigenvalue weighted by molar-refractivity contribution is 5.98. The summed E-state index contributed by atoms with van der Waals surface area (Å²) in [4.78, 5) is 22.2. The molecule has 3 heterocycles. The molecule has 39 heavy (non-hydrogen) atoms. The summed E-state index contributed by atoms with van der Waals surface area (Å²) in [6.45, 7) is 2.63. The van der Waals surface area contributed by atoms with Crippen LogP contribution in [0.1, 0.15) is 34.8 Å². The van der Waals surface area contributed by atoms with E-state index < -0.39 is 36.0 Å². The molecule has 1 aromatic heterocycles. The smallest absolute Gasteiger partial charge is 0.403 e. The summed E-state index contributed by atoms with van der Waals surface area (Å²) in [5.74, 6) is -2.20. The quantitative estimate of drug-likeness (QED) is 0.383. The van der Waals surface area contributed by atoms with Crippen molar-refractivity contribution in [3.05, 3.63) is 59.5 Å². The zero-order valence-electron chi connectivity index (χ0n) is 20.8. The summed E-state index contributed by atoms with van der Waals surface area (Å²) in [7, 11) is 0. The van der Waals surface area contributed by atoms with E-state index >= 15 is 0 Å². The first-order valence-corrected chi connectivity index (χ1v) is 12.5. The summed E-state index contributed by atoms with van der Waals surface area (Å²) in [6.07, 6.45) is -2.27. The molecule has 3 aromatic rings. The number of anilines is 1. The fourth-order valence-electron chi connectivity index (χ4n) is 4.59. The van der Waals surface area contributed by atoms with Crippen LogP contribution in [0.3, 0.4) is 0 Å². The zero-order valence-corrected chi connectivity index (χ0v) is 20.8. The van der Waals surface area contributed by atoms with Gasteiger partial charge >= 0.3 is 6.36 Å². The average Bonchev–Trinajstić information content (AvgIpc) is 2.93. The molecule has 208 valence electrons. The number of ether oxygens (including phenoxy) is 3. The van der Waals surface area contributed by atoms with Crippen molar-refractivity contribution >= 4 is 22.8 Å². The maximum absolute atomic E-state index is 14.5. The van der Waals surface area contributed by atoms with Crippen LogP contribution in [0.15, 0.2) is 42.6 Å². The normalized spacial score (nSPS) is 19.4. The Morgan fingerprint density at radius 3 is 2.67 bits per heavy atom. The Kier molecular flexibility index (Phi) is 8.10. The number of nitrogens with zero attached hydrogens (tertiary/aromatic N) is 2. The molecule has 0 spiro atoms. The van der Waals surface area contributed by atoms with E-state index in [9.17, 15) is 22.4 Å². The number of hydrogen-bond donors (Lipinski definition) is 3. The van der Waals surface area contributed by atoms with E-state index in [1.165, 1.54) is 6.07 Å². The molecule has 0 radical (unpaired) electrons. The van der Waals surface area contributed by atoms with Crippen LogP contribution in [0.2, 0.25) is 0 Å². The number of carbonyl (C=O) groups is 1. The van der Waals surface area contributed by atoms with Crippen LogP contribution in [-0.2, 0) is 9.47 Å². The van der Waals surface area contributed by atoms with Crippen molar-refractivity contribution in [2.45, 2.75) is 37.4 Å². The average molecular weight is 550 g/mol.